The molecular formula is C22H24FN5O3S. The molecule has 0 saturated carbocycles. The van der Waals surface area contributed by atoms with Crippen LogP contribution in [0.4, 0.5) is 10.1 Å². The van der Waals surface area contributed by atoms with Crippen molar-refractivity contribution in [3.05, 3.63) is 65.7 Å². The molecule has 0 bridgehead atoms. The number of halogens is 1. The molecule has 1 atom stereocenters. The zero-order valence-electron chi connectivity index (χ0n) is 18.0. The summed E-state index contributed by atoms with van der Waals surface area (Å²) >= 11 is 1.22. The molecule has 0 saturated heterocycles. The van der Waals surface area contributed by atoms with Crippen LogP contribution >= 0.6 is 11.8 Å². The number of rotatable bonds is 9. The Morgan fingerprint density at radius 3 is 2.44 bits per heavy atom. The van der Waals surface area contributed by atoms with E-state index < -0.39 is 0 Å². The van der Waals surface area contributed by atoms with Gasteiger partial charge in [-0.3, -0.25) is 9.59 Å². The number of anilines is 1. The van der Waals surface area contributed by atoms with Gasteiger partial charge in [-0.1, -0.05) is 23.9 Å². The van der Waals surface area contributed by atoms with Gasteiger partial charge in [0.15, 0.2) is 11.0 Å². The Labute approximate surface area is 189 Å². The van der Waals surface area contributed by atoms with E-state index in [0.717, 1.165) is 11.3 Å². The van der Waals surface area contributed by atoms with Crippen LogP contribution in [0, 0.1) is 5.82 Å². The topological polar surface area (TPSA) is 98.1 Å². The van der Waals surface area contributed by atoms with Gasteiger partial charge >= 0.3 is 0 Å². The molecule has 0 spiro atoms. The number of hydrogen-bond acceptors (Lipinski definition) is 6. The van der Waals surface area contributed by atoms with Crippen molar-refractivity contribution in [3.63, 3.8) is 0 Å². The lowest BCUT2D eigenvalue weighted by Gasteiger charge is -2.14. The maximum Gasteiger partial charge on any atom is 0.234 e. The van der Waals surface area contributed by atoms with Gasteiger partial charge in [-0.2, -0.15) is 0 Å². The molecule has 1 unspecified atom stereocenters. The second-order valence-electron chi connectivity index (χ2n) is 7.06. The van der Waals surface area contributed by atoms with Crippen molar-refractivity contribution in [2.75, 3.05) is 18.2 Å². The number of aromatic nitrogens is 3. The quantitative estimate of drug-likeness (QED) is 0.479. The molecule has 0 aliphatic carbocycles. The number of benzene rings is 2. The molecule has 1 heterocycles. The molecule has 0 aliphatic rings. The largest absolute Gasteiger partial charge is 0.497 e. The van der Waals surface area contributed by atoms with E-state index in [-0.39, 0.29) is 35.8 Å². The molecule has 2 amide bonds. The average molecular weight is 458 g/mol. The monoisotopic (exact) mass is 457 g/mol. The third-order valence-electron chi connectivity index (χ3n) is 4.62. The Hall–Kier alpha value is -3.40. The van der Waals surface area contributed by atoms with Gasteiger partial charge in [0, 0.05) is 12.7 Å². The first-order valence-electron chi connectivity index (χ1n) is 9.85. The normalized spacial score (nSPS) is 11.6. The lowest BCUT2D eigenvalue weighted by atomic mass is 10.1. The Balaban J connectivity index is 1.51. The van der Waals surface area contributed by atoms with Crippen molar-refractivity contribution in [2.24, 2.45) is 7.05 Å². The summed E-state index contributed by atoms with van der Waals surface area (Å²) in [5, 5.41) is 14.4. The second-order valence-corrected chi connectivity index (χ2v) is 8.00. The highest BCUT2D eigenvalue weighted by atomic mass is 32.2. The zero-order valence-corrected chi connectivity index (χ0v) is 18.8. The Morgan fingerprint density at radius 2 is 1.78 bits per heavy atom. The molecule has 3 aromatic rings. The van der Waals surface area contributed by atoms with Gasteiger partial charge in [-0.05, 0) is 48.9 Å². The first kappa shape index (κ1) is 23.3. The summed E-state index contributed by atoms with van der Waals surface area (Å²) in [4.78, 5) is 24.5. The van der Waals surface area contributed by atoms with Crippen LogP contribution in [0.15, 0.2) is 53.7 Å². The Morgan fingerprint density at radius 1 is 1.09 bits per heavy atom. The minimum absolute atomic E-state index is 0.113. The van der Waals surface area contributed by atoms with Crippen LogP contribution in [-0.4, -0.2) is 39.4 Å². The molecule has 2 aromatic carbocycles. The van der Waals surface area contributed by atoms with Crippen LogP contribution in [0.2, 0.25) is 0 Å². The lowest BCUT2D eigenvalue weighted by Crippen LogP contribution is -2.29. The number of amides is 2. The van der Waals surface area contributed by atoms with E-state index in [1.54, 1.807) is 18.7 Å². The molecular weight excluding hydrogens is 433 g/mol. The predicted molar refractivity (Wildman–Crippen MR) is 120 cm³/mol. The summed E-state index contributed by atoms with van der Waals surface area (Å²) in [7, 11) is 3.37. The Bertz CT molecular complexity index is 1070. The fourth-order valence-corrected chi connectivity index (χ4v) is 3.69. The summed E-state index contributed by atoms with van der Waals surface area (Å²) < 4.78 is 19.8. The lowest BCUT2D eigenvalue weighted by molar-refractivity contribution is -0.121. The molecule has 32 heavy (non-hydrogen) atoms. The van der Waals surface area contributed by atoms with Crippen molar-refractivity contribution in [3.8, 4) is 5.75 Å². The van der Waals surface area contributed by atoms with Gasteiger partial charge in [-0.25, -0.2) is 4.39 Å². The number of carbonyl (C=O) groups is 2. The van der Waals surface area contributed by atoms with Crippen LogP contribution in [0.3, 0.4) is 0 Å². The number of thioether (sulfide) groups is 1. The number of hydrogen-bond donors (Lipinski definition) is 2. The standard InChI is InChI=1S/C22H24FN5O3S/c1-14(24-19(29)12-15-4-10-18(31-3)11-5-15)21-26-27-22(28(21)2)32-13-20(30)25-17-8-6-16(23)7-9-17/h4-11,14H,12-13H2,1-3H3,(H,24,29)(H,25,30). The van der Waals surface area contributed by atoms with E-state index in [9.17, 15) is 14.0 Å². The molecule has 3 rings (SSSR count). The van der Waals surface area contributed by atoms with Gasteiger partial charge in [0.1, 0.15) is 11.6 Å². The van der Waals surface area contributed by atoms with Crippen molar-refractivity contribution in [1.29, 1.82) is 0 Å². The number of carbonyl (C=O) groups excluding carboxylic acids is 2. The highest BCUT2D eigenvalue weighted by Gasteiger charge is 2.18. The van der Waals surface area contributed by atoms with Crippen LogP contribution in [0.25, 0.3) is 0 Å². The maximum atomic E-state index is 13.0. The van der Waals surface area contributed by atoms with Crippen molar-refractivity contribution in [1.82, 2.24) is 20.1 Å². The molecule has 0 fully saturated rings. The molecule has 168 valence electrons. The van der Waals surface area contributed by atoms with Crippen molar-refractivity contribution >= 4 is 29.3 Å². The first-order valence-corrected chi connectivity index (χ1v) is 10.8. The van der Waals surface area contributed by atoms with E-state index in [2.05, 4.69) is 20.8 Å². The van der Waals surface area contributed by atoms with E-state index in [1.807, 2.05) is 31.2 Å². The van der Waals surface area contributed by atoms with Gasteiger partial charge < -0.3 is 19.9 Å². The van der Waals surface area contributed by atoms with Gasteiger partial charge in [-0.15, -0.1) is 10.2 Å². The zero-order chi connectivity index (χ0) is 23.1. The Kier molecular flexibility index (Phi) is 7.82. The van der Waals surface area contributed by atoms with Crippen LogP contribution < -0.4 is 15.4 Å². The first-order chi connectivity index (χ1) is 15.4. The highest BCUT2D eigenvalue weighted by molar-refractivity contribution is 7.99. The molecule has 0 radical (unpaired) electrons. The number of ether oxygens (including phenoxy) is 1. The number of nitrogens with zero attached hydrogens (tertiary/aromatic N) is 3. The van der Waals surface area contributed by atoms with E-state index in [1.165, 1.54) is 36.0 Å². The SMILES string of the molecule is COc1ccc(CC(=O)NC(C)c2nnc(SCC(=O)Nc3ccc(F)cc3)n2C)cc1. The summed E-state index contributed by atoms with van der Waals surface area (Å²) in [6.45, 7) is 1.83. The maximum absolute atomic E-state index is 13.0. The summed E-state index contributed by atoms with van der Waals surface area (Å²) in [6.07, 6.45) is 0.233. The minimum Gasteiger partial charge on any atom is -0.497 e. The predicted octanol–water partition coefficient (Wildman–Crippen LogP) is 3.11. The highest BCUT2D eigenvalue weighted by Crippen LogP contribution is 2.20. The summed E-state index contributed by atoms with van der Waals surface area (Å²) in [5.74, 6) is 0.675. The molecule has 8 nitrogen and oxygen atoms in total. The molecule has 10 heteroatoms. The van der Waals surface area contributed by atoms with E-state index >= 15 is 0 Å². The molecule has 1 aromatic heterocycles. The molecule has 0 aliphatic heterocycles. The molecule has 2 N–H and O–H groups in total. The third kappa shape index (κ3) is 6.30. The summed E-state index contributed by atoms with van der Waals surface area (Å²) in [5.41, 5.74) is 1.39. The average Bonchev–Trinajstić information content (AvgIpc) is 3.15. The number of nitrogens with one attached hydrogen (secondary N) is 2. The second kappa shape index (κ2) is 10.8. The van der Waals surface area contributed by atoms with Gasteiger partial charge in [0.2, 0.25) is 11.8 Å². The van der Waals surface area contributed by atoms with Gasteiger partial charge in [0.05, 0.1) is 25.3 Å². The fraction of sp³-hybridized carbons (Fsp3) is 0.273. The van der Waals surface area contributed by atoms with Crippen molar-refractivity contribution in [2.45, 2.75) is 24.5 Å². The minimum atomic E-state index is -0.366. The smallest absolute Gasteiger partial charge is 0.234 e. The van der Waals surface area contributed by atoms with E-state index in [0.29, 0.717) is 16.7 Å². The number of methoxy groups -OCH3 is 1. The summed E-state index contributed by atoms with van der Waals surface area (Å²) in [6, 6.07) is 12.5. The van der Waals surface area contributed by atoms with Crippen LogP contribution in [-0.2, 0) is 23.1 Å². The third-order valence-corrected chi connectivity index (χ3v) is 5.64. The fourth-order valence-electron chi connectivity index (χ4n) is 2.98. The van der Waals surface area contributed by atoms with Gasteiger partial charge in [0.25, 0.3) is 0 Å². The van der Waals surface area contributed by atoms with E-state index in [4.69, 9.17) is 4.74 Å². The van der Waals surface area contributed by atoms with Crippen LogP contribution in [0.5, 0.6) is 5.75 Å². The van der Waals surface area contributed by atoms with Crippen LogP contribution in [0.1, 0.15) is 24.4 Å². The van der Waals surface area contributed by atoms with Crippen molar-refractivity contribution < 1.29 is 18.7 Å².